The molecule has 0 saturated heterocycles. The minimum absolute atomic E-state index is 0.0603. The number of amides is 3. The van der Waals surface area contributed by atoms with Gasteiger partial charge in [-0.1, -0.05) is 69.5 Å². The standard InChI is InChI=1S/C35H47N5O5/c1-24(2)19-26(20-32(41)36-22-33(42)39(3)4)37-35(43)28-21-29(40(38-28)27-15-10-7-11-16-27)34-30(44-5)17-12-18-31(34)45-23-25-13-8-6-9-14-25/h6,8-9,12-14,17-18,21,24,26-27H,7,10-11,15-16,19-20,22-23H2,1-5H3,(H,36,41)(H,37,43). The Kier molecular flexibility index (Phi) is 12.0. The summed E-state index contributed by atoms with van der Waals surface area (Å²) in [6.45, 7) is 4.38. The fourth-order valence-corrected chi connectivity index (χ4v) is 5.74. The summed E-state index contributed by atoms with van der Waals surface area (Å²) in [6.07, 6.45) is 5.96. The lowest BCUT2D eigenvalue weighted by atomic mass is 9.95. The highest BCUT2D eigenvalue weighted by atomic mass is 16.5. The van der Waals surface area contributed by atoms with E-state index in [1.165, 1.54) is 11.3 Å². The maximum absolute atomic E-state index is 13.8. The molecule has 10 nitrogen and oxygen atoms in total. The summed E-state index contributed by atoms with van der Waals surface area (Å²) < 4.78 is 14.1. The van der Waals surface area contributed by atoms with Crippen LogP contribution < -0.4 is 20.1 Å². The second-order valence-electron chi connectivity index (χ2n) is 12.3. The van der Waals surface area contributed by atoms with Gasteiger partial charge in [-0.25, -0.2) is 0 Å². The Morgan fingerprint density at radius 1 is 1.00 bits per heavy atom. The van der Waals surface area contributed by atoms with Crippen molar-refractivity contribution in [1.29, 1.82) is 0 Å². The van der Waals surface area contributed by atoms with Crippen molar-refractivity contribution in [2.45, 2.75) is 77.5 Å². The fourth-order valence-electron chi connectivity index (χ4n) is 5.74. The molecule has 0 radical (unpaired) electrons. The van der Waals surface area contributed by atoms with Gasteiger partial charge in [0.25, 0.3) is 5.91 Å². The predicted molar refractivity (Wildman–Crippen MR) is 174 cm³/mol. The molecule has 2 aromatic carbocycles. The second-order valence-corrected chi connectivity index (χ2v) is 12.3. The van der Waals surface area contributed by atoms with Crippen LogP contribution in [0.3, 0.4) is 0 Å². The molecular formula is C35H47N5O5. The van der Waals surface area contributed by atoms with Crippen molar-refractivity contribution >= 4 is 17.7 Å². The highest BCUT2D eigenvalue weighted by Gasteiger charge is 2.28. The molecular weight excluding hydrogens is 570 g/mol. The molecule has 1 aliphatic carbocycles. The summed E-state index contributed by atoms with van der Waals surface area (Å²) in [7, 11) is 4.91. The van der Waals surface area contributed by atoms with Crippen molar-refractivity contribution in [3.63, 3.8) is 0 Å². The first-order valence-corrected chi connectivity index (χ1v) is 15.9. The summed E-state index contributed by atoms with van der Waals surface area (Å²) in [5.41, 5.74) is 2.82. The van der Waals surface area contributed by atoms with Gasteiger partial charge in [-0.3, -0.25) is 19.1 Å². The van der Waals surface area contributed by atoms with Crippen molar-refractivity contribution in [2.24, 2.45) is 5.92 Å². The van der Waals surface area contributed by atoms with E-state index in [4.69, 9.17) is 14.6 Å². The van der Waals surface area contributed by atoms with E-state index in [1.54, 1.807) is 27.3 Å². The van der Waals surface area contributed by atoms with Crippen LogP contribution in [0.15, 0.2) is 54.6 Å². The van der Waals surface area contributed by atoms with Gasteiger partial charge in [-0.05, 0) is 48.9 Å². The number of ether oxygens (including phenoxy) is 2. The lowest BCUT2D eigenvalue weighted by molar-refractivity contribution is -0.131. The summed E-state index contributed by atoms with van der Waals surface area (Å²) >= 11 is 0. The van der Waals surface area contributed by atoms with Gasteiger partial charge in [-0.2, -0.15) is 5.10 Å². The van der Waals surface area contributed by atoms with Crippen molar-refractivity contribution < 1.29 is 23.9 Å². The molecule has 4 rings (SSSR count). The molecule has 0 spiro atoms. The third kappa shape index (κ3) is 9.33. The van der Waals surface area contributed by atoms with E-state index in [1.807, 2.05) is 67.1 Å². The molecule has 1 unspecified atom stereocenters. The number of nitrogens with one attached hydrogen (secondary N) is 2. The van der Waals surface area contributed by atoms with Crippen LogP contribution in [0.25, 0.3) is 11.3 Å². The summed E-state index contributed by atoms with van der Waals surface area (Å²) in [6, 6.07) is 17.2. The zero-order valence-electron chi connectivity index (χ0n) is 27.2. The number of aromatic nitrogens is 2. The van der Waals surface area contributed by atoms with Gasteiger partial charge < -0.3 is 25.0 Å². The first-order chi connectivity index (χ1) is 21.7. The minimum atomic E-state index is -0.425. The zero-order chi connectivity index (χ0) is 32.3. The van der Waals surface area contributed by atoms with Gasteiger partial charge in [-0.15, -0.1) is 0 Å². The Morgan fingerprint density at radius 2 is 1.71 bits per heavy atom. The Bertz CT molecular complexity index is 1430. The molecule has 1 aromatic heterocycles. The largest absolute Gasteiger partial charge is 0.496 e. The van der Waals surface area contributed by atoms with Crippen LogP contribution in [0.1, 0.15) is 80.9 Å². The Morgan fingerprint density at radius 3 is 2.38 bits per heavy atom. The summed E-state index contributed by atoms with van der Waals surface area (Å²) in [5, 5.41) is 10.6. The van der Waals surface area contributed by atoms with E-state index in [-0.39, 0.29) is 48.3 Å². The number of likely N-dealkylation sites (N-methyl/N-ethyl adjacent to an activating group) is 1. The van der Waals surface area contributed by atoms with Gasteiger partial charge in [0.05, 0.1) is 31.0 Å². The third-order valence-corrected chi connectivity index (χ3v) is 8.05. The normalized spacial score (nSPS) is 14.1. The van der Waals surface area contributed by atoms with Gasteiger partial charge in [0, 0.05) is 26.6 Å². The van der Waals surface area contributed by atoms with Crippen molar-refractivity contribution in [3.05, 3.63) is 65.9 Å². The Hall–Kier alpha value is -4.34. The first-order valence-electron chi connectivity index (χ1n) is 15.9. The fraction of sp³-hybridized carbons (Fsp3) is 0.486. The van der Waals surface area contributed by atoms with Crippen molar-refractivity contribution in [3.8, 4) is 22.8 Å². The van der Waals surface area contributed by atoms with Crippen LogP contribution in [-0.4, -0.2) is 66.2 Å². The van der Waals surface area contributed by atoms with E-state index >= 15 is 0 Å². The molecule has 1 fully saturated rings. The topological polar surface area (TPSA) is 115 Å². The number of rotatable bonds is 14. The number of hydrogen-bond acceptors (Lipinski definition) is 6. The first kappa shape index (κ1) is 33.6. The van der Waals surface area contributed by atoms with Crippen LogP contribution in [0.5, 0.6) is 11.5 Å². The van der Waals surface area contributed by atoms with Crippen LogP contribution in [0.2, 0.25) is 0 Å². The molecule has 1 heterocycles. The monoisotopic (exact) mass is 617 g/mol. The van der Waals surface area contributed by atoms with E-state index < -0.39 is 6.04 Å². The molecule has 2 N–H and O–H groups in total. The van der Waals surface area contributed by atoms with E-state index in [0.717, 1.165) is 42.5 Å². The zero-order valence-corrected chi connectivity index (χ0v) is 27.2. The molecule has 3 aromatic rings. The van der Waals surface area contributed by atoms with E-state index in [2.05, 4.69) is 10.6 Å². The smallest absolute Gasteiger partial charge is 0.272 e. The molecule has 242 valence electrons. The molecule has 0 bridgehead atoms. The number of nitrogens with zero attached hydrogens (tertiary/aromatic N) is 3. The number of carbonyl (C=O) groups is 3. The summed E-state index contributed by atoms with van der Waals surface area (Å²) in [5.74, 6) is 0.667. The second kappa shape index (κ2) is 16.1. The average molecular weight is 618 g/mol. The number of benzene rings is 2. The van der Waals surface area contributed by atoms with Crippen molar-refractivity contribution in [1.82, 2.24) is 25.3 Å². The molecule has 1 saturated carbocycles. The van der Waals surface area contributed by atoms with Gasteiger partial charge in [0.15, 0.2) is 5.69 Å². The van der Waals surface area contributed by atoms with Crippen LogP contribution in [0, 0.1) is 5.92 Å². The molecule has 3 amide bonds. The quantitative estimate of drug-likeness (QED) is 0.251. The number of carbonyl (C=O) groups excluding carboxylic acids is 3. The maximum atomic E-state index is 13.8. The molecule has 45 heavy (non-hydrogen) atoms. The van der Waals surface area contributed by atoms with Gasteiger partial charge in [0.2, 0.25) is 11.8 Å². The molecule has 10 heteroatoms. The minimum Gasteiger partial charge on any atom is -0.496 e. The van der Waals surface area contributed by atoms with E-state index in [0.29, 0.717) is 24.5 Å². The molecule has 0 aliphatic heterocycles. The van der Waals surface area contributed by atoms with Crippen LogP contribution >= 0.6 is 0 Å². The van der Waals surface area contributed by atoms with Crippen LogP contribution in [-0.2, 0) is 16.2 Å². The van der Waals surface area contributed by atoms with Crippen molar-refractivity contribution in [2.75, 3.05) is 27.7 Å². The van der Waals surface area contributed by atoms with Gasteiger partial charge >= 0.3 is 0 Å². The summed E-state index contributed by atoms with van der Waals surface area (Å²) in [4.78, 5) is 39.9. The van der Waals surface area contributed by atoms with Gasteiger partial charge in [0.1, 0.15) is 18.1 Å². The molecule has 1 atom stereocenters. The SMILES string of the molecule is COc1cccc(OCc2ccccc2)c1-c1cc(C(=O)NC(CC(=O)NCC(=O)N(C)C)CC(C)C)nn1C1CCCCC1. The third-order valence-electron chi connectivity index (χ3n) is 8.05. The highest BCUT2D eigenvalue weighted by molar-refractivity contribution is 5.94. The average Bonchev–Trinajstić information content (AvgIpc) is 3.48. The number of methoxy groups -OCH3 is 1. The molecule has 1 aliphatic rings. The number of hydrogen-bond donors (Lipinski definition) is 2. The van der Waals surface area contributed by atoms with E-state index in [9.17, 15) is 14.4 Å². The lowest BCUT2D eigenvalue weighted by Gasteiger charge is -2.25. The van der Waals surface area contributed by atoms with Crippen LogP contribution in [0.4, 0.5) is 0 Å². The Balaban J connectivity index is 1.63. The Labute approximate surface area is 266 Å². The highest BCUT2D eigenvalue weighted by Crippen LogP contribution is 2.42. The lowest BCUT2D eigenvalue weighted by Crippen LogP contribution is -2.42. The maximum Gasteiger partial charge on any atom is 0.272 e. The predicted octanol–water partition coefficient (Wildman–Crippen LogP) is 5.38.